The van der Waals surface area contributed by atoms with E-state index >= 15 is 0 Å². The smallest absolute Gasteiger partial charge is 0.361 e. The quantitative estimate of drug-likeness (QED) is 0.729. The lowest BCUT2D eigenvalue weighted by atomic mass is 9.97. The Labute approximate surface area is 139 Å². The fourth-order valence-electron chi connectivity index (χ4n) is 2.47. The van der Waals surface area contributed by atoms with Crippen LogP contribution in [0.3, 0.4) is 0 Å². The summed E-state index contributed by atoms with van der Waals surface area (Å²) in [5.74, 6) is 0.288. The number of ether oxygens (including phenoxy) is 2. The highest BCUT2D eigenvalue weighted by molar-refractivity contribution is 5.96. The van der Waals surface area contributed by atoms with E-state index in [9.17, 15) is 4.79 Å². The number of aromatic amines is 1. The van der Waals surface area contributed by atoms with Gasteiger partial charge in [0.1, 0.15) is 11.4 Å². The van der Waals surface area contributed by atoms with Gasteiger partial charge in [-0.2, -0.15) is 10.3 Å². The van der Waals surface area contributed by atoms with E-state index in [0.29, 0.717) is 5.69 Å². The average Bonchev–Trinajstić information content (AvgIpc) is 3.12. The fourth-order valence-corrected chi connectivity index (χ4v) is 2.47. The standard InChI is InChI=1S/C18H17N3O3/c1-3-24-18(22)17-16(19-21-20-17)15-7-5-4-6-14(15)12-8-10-13(23-2)11-9-12/h4-11H,3H2,1-2H3,(H,19,20,21). The highest BCUT2D eigenvalue weighted by Crippen LogP contribution is 2.33. The summed E-state index contributed by atoms with van der Waals surface area (Å²) in [5, 5.41) is 10.6. The van der Waals surface area contributed by atoms with Crippen LogP contribution in [0.25, 0.3) is 22.4 Å². The van der Waals surface area contributed by atoms with E-state index in [0.717, 1.165) is 22.4 Å². The van der Waals surface area contributed by atoms with E-state index in [2.05, 4.69) is 15.4 Å². The van der Waals surface area contributed by atoms with E-state index in [1.165, 1.54) is 0 Å². The molecule has 1 N–H and O–H groups in total. The molecule has 6 heteroatoms. The summed E-state index contributed by atoms with van der Waals surface area (Å²) in [4.78, 5) is 12.1. The van der Waals surface area contributed by atoms with Crippen molar-refractivity contribution in [3.8, 4) is 28.1 Å². The van der Waals surface area contributed by atoms with Crippen LogP contribution in [-0.4, -0.2) is 35.1 Å². The van der Waals surface area contributed by atoms with Crippen LogP contribution in [0.4, 0.5) is 0 Å². The summed E-state index contributed by atoms with van der Waals surface area (Å²) in [6.45, 7) is 2.04. The van der Waals surface area contributed by atoms with Gasteiger partial charge in [-0.3, -0.25) is 0 Å². The van der Waals surface area contributed by atoms with Gasteiger partial charge in [-0.15, -0.1) is 5.10 Å². The molecule has 24 heavy (non-hydrogen) atoms. The van der Waals surface area contributed by atoms with E-state index in [-0.39, 0.29) is 12.3 Å². The first-order chi connectivity index (χ1) is 11.7. The molecule has 0 unspecified atom stereocenters. The van der Waals surface area contributed by atoms with Gasteiger partial charge in [0.15, 0.2) is 5.69 Å². The third kappa shape index (κ3) is 2.99. The van der Waals surface area contributed by atoms with Crippen molar-refractivity contribution in [2.45, 2.75) is 6.92 Å². The normalized spacial score (nSPS) is 10.4. The average molecular weight is 323 g/mol. The van der Waals surface area contributed by atoms with Crippen LogP contribution < -0.4 is 4.74 Å². The van der Waals surface area contributed by atoms with Crippen LogP contribution in [0.15, 0.2) is 48.5 Å². The summed E-state index contributed by atoms with van der Waals surface area (Å²) in [7, 11) is 1.63. The van der Waals surface area contributed by atoms with E-state index in [1.807, 2.05) is 48.5 Å². The van der Waals surface area contributed by atoms with Gasteiger partial charge in [0.05, 0.1) is 13.7 Å². The SMILES string of the molecule is CCOC(=O)c1n[nH]nc1-c1ccccc1-c1ccc(OC)cc1. The molecule has 0 radical (unpaired) electrons. The molecule has 0 saturated heterocycles. The minimum Gasteiger partial charge on any atom is -0.497 e. The van der Waals surface area contributed by atoms with Crippen LogP contribution in [0.1, 0.15) is 17.4 Å². The largest absolute Gasteiger partial charge is 0.497 e. The zero-order valence-electron chi connectivity index (χ0n) is 13.4. The molecule has 0 fully saturated rings. The topological polar surface area (TPSA) is 77.1 Å². The Kier molecular flexibility index (Phi) is 4.56. The summed E-state index contributed by atoms with van der Waals surface area (Å²) < 4.78 is 10.2. The van der Waals surface area contributed by atoms with Gasteiger partial charge in [-0.05, 0) is 30.2 Å². The summed E-state index contributed by atoms with van der Waals surface area (Å²) in [5.41, 5.74) is 3.39. The van der Waals surface area contributed by atoms with Gasteiger partial charge in [0, 0.05) is 5.56 Å². The first-order valence-electron chi connectivity index (χ1n) is 7.56. The number of aromatic nitrogens is 3. The lowest BCUT2D eigenvalue weighted by Crippen LogP contribution is -2.07. The Bertz CT molecular complexity index is 841. The number of nitrogens with one attached hydrogen (secondary N) is 1. The molecule has 0 aliphatic carbocycles. The molecule has 6 nitrogen and oxygen atoms in total. The number of hydrogen-bond acceptors (Lipinski definition) is 5. The van der Waals surface area contributed by atoms with Crippen LogP contribution in [0, 0.1) is 0 Å². The first kappa shape index (κ1) is 15.7. The van der Waals surface area contributed by atoms with Crippen LogP contribution in [0.2, 0.25) is 0 Å². The number of hydrogen-bond donors (Lipinski definition) is 1. The number of benzene rings is 2. The molecule has 0 spiro atoms. The third-order valence-electron chi connectivity index (χ3n) is 3.60. The van der Waals surface area contributed by atoms with Crippen molar-refractivity contribution >= 4 is 5.97 Å². The van der Waals surface area contributed by atoms with E-state index < -0.39 is 5.97 Å². The second-order valence-electron chi connectivity index (χ2n) is 5.02. The third-order valence-corrected chi connectivity index (χ3v) is 3.60. The van der Waals surface area contributed by atoms with Crippen molar-refractivity contribution in [2.24, 2.45) is 0 Å². The van der Waals surface area contributed by atoms with E-state index in [4.69, 9.17) is 9.47 Å². The van der Waals surface area contributed by atoms with Crippen LogP contribution in [0.5, 0.6) is 5.75 Å². The number of esters is 1. The molecule has 0 aliphatic heterocycles. The molecule has 122 valence electrons. The van der Waals surface area contributed by atoms with Crippen molar-refractivity contribution in [1.82, 2.24) is 15.4 Å². The highest BCUT2D eigenvalue weighted by Gasteiger charge is 2.21. The van der Waals surface area contributed by atoms with Gasteiger partial charge < -0.3 is 9.47 Å². The number of carbonyl (C=O) groups excluding carboxylic acids is 1. The van der Waals surface area contributed by atoms with Gasteiger partial charge >= 0.3 is 5.97 Å². The Morgan fingerprint density at radius 2 is 1.75 bits per heavy atom. The monoisotopic (exact) mass is 323 g/mol. The fraction of sp³-hybridized carbons (Fsp3) is 0.167. The molecule has 2 aromatic carbocycles. The zero-order valence-corrected chi connectivity index (χ0v) is 13.4. The number of carbonyl (C=O) groups is 1. The summed E-state index contributed by atoms with van der Waals surface area (Å²) >= 11 is 0. The first-order valence-corrected chi connectivity index (χ1v) is 7.56. The maximum Gasteiger partial charge on any atom is 0.361 e. The van der Waals surface area contributed by atoms with Crippen molar-refractivity contribution in [2.75, 3.05) is 13.7 Å². The molecule has 0 aliphatic rings. The molecule has 0 saturated carbocycles. The molecule has 3 rings (SSSR count). The van der Waals surface area contributed by atoms with Gasteiger partial charge in [0.25, 0.3) is 0 Å². The minimum absolute atomic E-state index is 0.179. The van der Waals surface area contributed by atoms with Gasteiger partial charge in [0.2, 0.25) is 0 Å². The highest BCUT2D eigenvalue weighted by atomic mass is 16.5. The second-order valence-corrected chi connectivity index (χ2v) is 5.02. The Morgan fingerprint density at radius 3 is 2.42 bits per heavy atom. The molecule has 0 amide bonds. The molecule has 1 heterocycles. The van der Waals surface area contributed by atoms with Crippen molar-refractivity contribution < 1.29 is 14.3 Å². The Hall–Kier alpha value is -3.15. The second kappa shape index (κ2) is 6.95. The van der Waals surface area contributed by atoms with E-state index in [1.54, 1.807) is 14.0 Å². The van der Waals surface area contributed by atoms with Crippen molar-refractivity contribution in [3.63, 3.8) is 0 Å². The Morgan fingerprint density at radius 1 is 1.04 bits per heavy atom. The Balaban J connectivity index is 2.07. The van der Waals surface area contributed by atoms with Crippen LogP contribution >= 0.6 is 0 Å². The zero-order chi connectivity index (χ0) is 16.9. The lowest BCUT2D eigenvalue weighted by molar-refractivity contribution is 0.0520. The number of H-pyrrole nitrogens is 1. The summed E-state index contributed by atoms with van der Waals surface area (Å²) in [6, 6.07) is 15.4. The summed E-state index contributed by atoms with van der Waals surface area (Å²) in [6.07, 6.45) is 0. The van der Waals surface area contributed by atoms with Crippen molar-refractivity contribution in [3.05, 3.63) is 54.2 Å². The number of methoxy groups -OCH3 is 1. The molecule has 0 atom stereocenters. The molecule has 1 aromatic heterocycles. The number of nitrogens with zero attached hydrogens (tertiary/aromatic N) is 2. The van der Waals surface area contributed by atoms with Gasteiger partial charge in [-0.1, -0.05) is 36.4 Å². The molecular weight excluding hydrogens is 306 g/mol. The van der Waals surface area contributed by atoms with Crippen molar-refractivity contribution in [1.29, 1.82) is 0 Å². The lowest BCUT2D eigenvalue weighted by Gasteiger charge is -2.09. The minimum atomic E-state index is -0.495. The van der Waals surface area contributed by atoms with Crippen LogP contribution in [-0.2, 0) is 4.74 Å². The predicted octanol–water partition coefficient (Wildman–Crippen LogP) is 3.32. The predicted molar refractivity (Wildman–Crippen MR) is 89.8 cm³/mol. The molecule has 3 aromatic rings. The maximum atomic E-state index is 12.1. The van der Waals surface area contributed by atoms with Gasteiger partial charge in [-0.25, -0.2) is 4.79 Å². The maximum absolute atomic E-state index is 12.1. The molecular formula is C18H17N3O3. The number of rotatable bonds is 5. The molecule has 0 bridgehead atoms.